The third-order valence-corrected chi connectivity index (χ3v) is 6.51. The van der Waals surface area contributed by atoms with Crippen LogP contribution in [0.15, 0.2) is 53.6 Å². The predicted molar refractivity (Wildman–Crippen MR) is 127 cm³/mol. The number of carbonyl (C=O) groups excluding carboxylic acids is 1. The molecule has 0 spiro atoms. The molecule has 1 aromatic heterocycles. The second-order valence-electron chi connectivity index (χ2n) is 8.33. The summed E-state index contributed by atoms with van der Waals surface area (Å²) in [4.78, 5) is 16.3. The topological polar surface area (TPSA) is 110 Å². The summed E-state index contributed by atoms with van der Waals surface area (Å²) in [6, 6.07) is 8.29. The number of benzene rings is 1. The number of aliphatic hydroxyl groups is 1. The molecule has 1 amide bonds. The molecule has 1 aliphatic carbocycles. The van der Waals surface area contributed by atoms with Crippen molar-refractivity contribution in [2.45, 2.75) is 56.7 Å². The molecule has 0 radical (unpaired) electrons. The molecule has 8 heteroatoms. The standard InChI is InChI=1S/C24H30N4O3S/c25-24-28-19(15-32-24)13-23(30)27-17-8-6-16(7-9-17)12-18-10-11-21(26-18)22(29)14-31-20-4-2-1-3-5-20/h1-2,4,6-9,15,18,21-22,26,29H,3,5,10-14H2,(H2,25,28)(H,27,30)/t18-,21+,22+/m0/s1. The zero-order chi connectivity index (χ0) is 22.3. The van der Waals surface area contributed by atoms with Crippen molar-refractivity contribution < 1.29 is 14.6 Å². The van der Waals surface area contributed by atoms with Gasteiger partial charge in [-0.2, -0.15) is 0 Å². The van der Waals surface area contributed by atoms with E-state index in [9.17, 15) is 9.90 Å². The van der Waals surface area contributed by atoms with Gasteiger partial charge in [0.1, 0.15) is 12.7 Å². The van der Waals surface area contributed by atoms with Crippen LogP contribution in [0.25, 0.3) is 0 Å². The molecule has 2 heterocycles. The van der Waals surface area contributed by atoms with Gasteiger partial charge >= 0.3 is 0 Å². The quantitative estimate of drug-likeness (QED) is 0.463. The number of aliphatic hydroxyl groups excluding tert-OH is 1. The van der Waals surface area contributed by atoms with Crippen LogP contribution in [0.1, 0.15) is 36.9 Å². The van der Waals surface area contributed by atoms with E-state index in [1.807, 2.05) is 36.4 Å². The number of allylic oxidation sites excluding steroid dienone is 4. The molecular formula is C24H30N4O3S. The molecule has 1 fully saturated rings. The maximum absolute atomic E-state index is 12.2. The first-order valence-corrected chi connectivity index (χ1v) is 11.9. The van der Waals surface area contributed by atoms with E-state index in [-0.39, 0.29) is 18.4 Å². The zero-order valence-electron chi connectivity index (χ0n) is 18.0. The van der Waals surface area contributed by atoms with Gasteiger partial charge in [0, 0.05) is 29.6 Å². The van der Waals surface area contributed by atoms with Gasteiger partial charge in [-0.05, 0) is 49.5 Å². The molecule has 170 valence electrons. The summed E-state index contributed by atoms with van der Waals surface area (Å²) in [5.41, 5.74) is 8.25. The van der Waals surface area contributed by atoms with E-state index in [0.717, 1.165) is 43.6 Å². The van der Waals surface area contributed by atoms with Gasteiger partial charge in [-0.1, -0.05) is 24.3 Å². The van der Waals surface area contributed by atoms with Crippen molar-refractivity contribution in [3.05, 3.63) is 64.9 Å². The van der Waals surface area contributed by atoms with Crippen LogP contribution in [0.4, 0.5) is 10.8 Å². The highest BCUT2D eigenvalue weighted by molar-refractivity contribution is 7.13. The second kappa shape index (κ2) is 10.8. The van der Waals surface area contributed by atoms with Crippen LogP contribution in [-0.2, 0) is 22.4 Å². The van der Waals surface area contributed by atoms with Crippen LogP contribution >= 0.6 is 11.3 Å². The van der Waals surface area contributed by atoms with Crippen LogP contribution in [0.5, 0.6) is 0 Å². The van der Waals surface area contributed by atoms with Crippen molar-refractivity contribution in [1.29, 1.82) is 0 Å². The molecule has 0 saturated carbocycles. The van der Waals surface area contributed by atoms with E-state index < -0.39 is 6.10 Å². The minimum Gasteiger partial charge on any atom is -0.495 e. The van der Waals surface area contributed by atoms with Gasteiger partial charge in [0.05, 0.1) is 17.9 Å². The first-order chi connectivity index (χ1) is 15.5. The number of ether oxygens (including phenoxy) is 1. The van der Waals surface area contributed by atoms with Gasteiger partial charge in [0.15, 0.2) is 5.13 Å². The number of nitrogens with one attached hydrogen (secondary N) is 2. The first kappa shape index (κ1) is 22.5. The minimum absolute atomic E-state index is 0.0537. The Labute approximate surface area is 192 Å². The number of hydrogen-bond donors (Lipinski definition) is 4. The Kier molecular flexibility index (Phi) is 7.57. The molecule has 1 aliphatic heterocycles. The maximum atomic E-state index is 12.2. The van der Waals surface area contributed by atoms with Gasteiger partial charge < -0.3 is 26.2 Å². The van der Waals surface area contributed by atoms with Gasteiger partial charge in [-0.25, -0.2) is 4.98 Å². The predicted octanol–water partition coefficient (Wildman–Crippen LogP) is 3.18. The Morgan fingerprint density at radius 3 is 2.91 bits per heavy atom. The Morgan fingerprint density at radius 1 is 1.34 bits per heavy atom. The van der Waals surface area contributed by atoms with Gasteiger partial charge in [-0.3, -0.25) is 4.79 Å². The van der Waals surface area contributed by atoms with Crippen LogP contribution in [0, 0.1) is 0 Å². The second-order valence-corrected chi connectivity index (χ2v) is 9.22. The molecule has 32 heavy (non-hydrogen) atoms. The van der Waals surface area contributed by atoms with Crippen molar-refractivity contribution >= 4 is 28.1 Å². The van der Waals surface area contributed by atoms with E-state index in [2.05, 4.69) is 21.7 Å². The van der Waals surface area contributed by atoms with Crippen molar-refractivity contribution in [3.63, 3.8) is 0 Å². The molecular weight excluding hydrogens is 424 g/mol. The minimum atomic E-state index is -0.516. The van der Waals surface area contributed by atoms with Crippen molar-refractivity contribution in [1.82, 2.24) is 10.3 Å². The molecule has 5 N–H and O–H groups in total. The van der Waals surface area contributed by atoms with E-state index in [4.69, 9.17) is 10.5 Å². The number of hydrogen-bond acceptors (Lipinski definition) is 7. The molecule has 2 aromatic rings. The number of nitrogen functional groups attached to an aromatic ring is 1. The summed E-state index contributed by atoms with van der Waals surface area (Å²) in [7, 11) is 0. The SMILES string of the molecule is Nc1nc(CC(=O)Nc2ccc(C[C@@H]3CC[C@H]([C@H](O)COC4=CC=CCC4)N3)cc2)cs1. The molecule has 4 rings (SSSR count). The largest absolute Gasteiger partial charge is 0.495 e. The van der Waals surface area contributed by atoms with Crippen LogP contribution < -0.4 is 16.4 Å². The average Bonchev–Trinajstić information content (AvgIpc) is 3.43. The normalized spacial score (nSPS) is 21.2. The van der Waals surface area contributed by atoms with E-state index in [0.29, 0.717) is 23.5 Å². The fraction of sp³-hybridized carbons (Fsp3) is 0.417. The lowest BCUT2D eigenvalue weighted by molar-refractivity contribution is -0.115. The smallest absolute Gasteiger partial charge is 0.230 e. The molecule has 1 saturated heterocycles. The molecule has 3 atom stereocenters. The molecule has 1 aromatic carbocycles. The summed E-state index contributed by atoms with van der Waals surface area (Å²) in [6.45, 7) is 0.325. The zero-order valence-corrected chi connectivity index (χ0v) is 18.8. The number of anilines is 2. The number of aromatic nitrogens is 1. The van der Waals surface area contributed by atoms with E-state index >= 15 is 0 Å². The Balaban J connectivity index is 1.20. The van der Waals surface area contributed by atoms with Gasteiger partial charge in [-0.15, -0.1) is 11.3 Å². The van der Waals surface area contributed by atoms with E-state index in [1.54, 1.807) is 5.38 Å². The third kappa shape index (κ3) is 6.41. The third-order valence-electron chi connectivity index (χ3n) is 5.79. The number of nitrogens with two attached hydrogens (primary N) is 1. The van der Waals surface area contributed by atoms with Gasteiger partial charge in [0.2, 0.25) is 5.91 Å². The summed E-state index contributed by atoms with van der Waals surface area (Å²) < 4.78 is 5.77. The number of thiazole rings is 1. The van der Waals surface area contributed by atoms with Crippen LogP contribution in [-0.4, -0.2) is 40.8 Å². The number of nitrogens with zero attached hydrogens (tertiary/aromatic N) is 1. The molecule has 2 aliphatic rings. The van der Waals surface area contributed by atoms with Gasteiger partial charge in [0.25, 0.3) is 0 Å². The van der Waals surface area contributed by atoms with Crippen molar-refractivity contribution in [2.24, 2.45) is 0 Å². The average molecular weight is 455 g/mol. The fourth-order valence-electron chi connectivity index (χ4n) is 4.11. The highest BCUT2D eigenvalue weighted by Crippen LogP contribution is 2.21. The number of rotatable bonds is 9. The van der Waals surface area contributed by atoms with Crippen LogP contribution in [0.2, 0.25) is 0 Å². The fourth-order valence-corrected chi connectivity index (χ4v) is 4.67. The number of amides is 1. The highest BCUT2D eigenvalue weighted by Gasteiger charge is 2.29. The lowest BCUT2D eigenvalue weighted by Crippen LogP contribution is -2.41. The maximum Gasteiger partial charge on any atom is 0.230 e. The summed E-state index contributed by atoms with van der Waals surface area (Å²) in [5.74, 6) is 0.837. The first-order valence-electron chi connectivity index (χ1n) is 11.1. The highest BCUT2D eigenvalue weighted by atomic mass is 32.1. The summed E-state index contributed by atoms with van der Waals surface area (Å²) in [5, 5.41) is 19.2. The molecule has 7 nitrogen and oxygen atoms in total. The summed E-state index contributed by atoms with van der Waals surface area (Å²) in [6.07, 6.45) is 10.5. The Hall–Kier alpha value is -2.68. The van der Waals surface area contributed by atoms with Crippen molar-refractivity contribution in [2.75, 3.05) is 17.7 Å². The van der Waals surface area contributed by atoms with E-state index in [1.165, 1.54) is 16.9 Å². The van der Waals surface area contributed by atoms with Crippen LogP contribution in [0.3, 0.4) is 0 Å². The molecule has 0 unspecified atom stereocenters. The Bertz CT molecular complexity index is 970. The lowest BCUT2D eigenvalue weighted by Gasteiger charge is -2.21. The summed E-state index contributed by atoms with van der Waals surface area (Å²) >= 11 is 1.33. The monoisotopic (exact) mass is 454 g/mol. The Morgan fingerprint density at radius 2 is 2.19 bits per heavy atom. The van der Waals surface area contributed by atoms with Crippen molar-refractivity contribution in [3.8, 4) is 0 Å². The lowest BCUT2D eigenvalue weighted by atomic mass is 10.0. The number of carbonyl (C=O) groups is 1. The molecule has 0 bridgehead atoms.